The standard InChI is InChI=1S/C23H24ClFN4O3S/c1-23(2,3)22(31)29-21(26-12-16-8-9-17(24)33-16)19(25)20(27-29)14-4-6-15(7-5-14)28-10-11-32-13-18(28)30/h4-9,26H,10-13H2,1-3H3. The molecule has 0 atom stereocenters. The van der Waals surface area contributed by atoms with Crippen LogP contribution in [-0.4, -0.2) is 41.4 Å². The van der Waals surface area contributed by atoms with Crippen molar-refractivity contribution in [3.63, 3.8) is 0 Å². The summed E-state index contributed by atoms with van der Waals surface area (Å²) >= 11 is 7.37. The largest absolute Gasteiger partial charge is 0.370 e. The number of morpholine rings is 1. The molecule has 0 radical (unpaired) electrons. The van der Waals surface area contributed by atoms with Gasteiger partial charge in [0.2, 0.25) is 0 Å². The van der Waals surface area contributed by atoms with Crippen LogP contribution in [0.4, 0.5) is 15.9 Å². The second-order valence-electron chi connectivity index (χ2n) is 8.68. The van der Waals surface area contributed by atoms with E-state index in [4.69, 9.17) is 16.3 Å². The van der Waals surface area contributed by atoms with E-state index < -0.39 is 11.2 Å². The lowest BCUT2D eigenvalue weighted by Crippen LogP contribution is -2.41. The number of nitrogens with zero attached hydrogens (tertiary/aromatic N) is 3. The Balaban J connectivity index is 1.67. The van der Waals surface area contributed by atoms with Crippen LogP contribution in [0, 0.1) is 11.2 Å². The van der Waals surface area contributed by atoms with Crippen molar-refractivity contribution in [1.29, 1.82) is 0 Å². The minimum Gasteiger partial charge on any atom is -0.370 e. The highest BCUT2D eigenvalue weighted by Crippen LogP contribution is 2.32. The Morgan fingerprint density at radius 1 is 1.24 bits per heavy atom. The van der Waals surface area contributed by atoms with Crippen LogP contribution in [-0.2, 0) is 16.1 Å². The molecule has 174 valence electrons. The Labute approximate surface area is 200 Å². The predicted molar refractivity (Wildman–Crippen MR) is 128 cm³/mol. The number of rotatable bonds is 5. The summed E-state index contributed by atoms with van der Waals surface area (Å²) < 4.78 is 22.4. The van der Waals surface area contributed by atoms with Gasteiger partial charge in [-0.3, -0.25) is 9.59 Å². The van der Waals surface area contributed by atoms with Gasteiger partial charge in [-0.2, -0.15) is 9.78 Å². The Morgan fingerprint density at radius 3 is 2.58 bits per heavy atom. The molecule has 0 saturated carbocycles. The number of aromatic nitrogens is 2. The zero-order valence-corrected chi connectivity index (χ0v) is 20.1. The van der Waals surface area contributed by atoms with Crippen molar-refractivity contribution in [2.24, 2.45) is 5.41 Å². The Bertz CT molecular complexity index is 1180. The van der Waals surface area contributed by atoms with E-state index in [1.54, 1.807) is 56.0 Å². The summed E-state index contributed by atoms with van der Waals surface area (Å²) in [6, 6.07) is 10.5. The third-order valence-electron chi connectivity index (χ3n) is 5.16. The molecule has 1 aromatic carbocycles. The maximum Gasteiger partial charge on any atom is 0.254 e. The highest BCUT2D eigenvalue weighted by molar-refractivity contribution is 7.16. The van der Waals surface area contributed by atoms with E-state index >= 15 is 4.39 Å². The van der Waals surface area contributed by atoms with Crippen LogP contribution >= 0.6 is 22.9 Å². The van der Waals surface area contributed by atoms with Gasteiger partial charge in [-0.1, -0.05) is 44.5 Å². The summed E-state index contributed by atoms with van der Waals surface area (Å²) in [5.74, 6) is -1.08. The third-order valence-corrected chi connectivity index (χ3v) is 6.39. The number of ether oxygens (including phenoxy) is 1. The zero-order valence-electron chi connectivity index (χ0n) is 18.5. The number of amides is 1. The van der Waals surface area contributed by atoms with E-state index in [1.165, 1.54) is 11.3 Å². The van der Waals surface area contributed by atoms with Gasteiger partial charge in [0.1, 0.15) is 12.3 Å². The molecule has 0 bridgehead atoms. The lowest BCUT2D eigenvalue weighted by Gasteiger charge is -2.26. The van der Waals surface area contributed by atoms with E-state index in [2.05, 4.69) is 10.4 Å². The van der Waals surface area contributed by atoms with Crippen LogP contribution in [0.15, 0.2) is 36.4 Å². The van der Waals surface area contributed by atoms with Crippen LogP contribution in [0.3, 0.4) is 0 Å². The van der Waals surface area contributed by atoms with Crippen LogP contribution in [0.2, 0.25) is 4.34 Å². The van der Waals surface area contributed by atoms with Gasteiger partial charge in [0.05, 0.1) is 17.5 Å². The first kappa shape index (κ1) is 23.4. The molecule has 1 aliphatic heterocycles. The fourth-order valence-electron chi connectivity index (χ4n) is 3.41. The minimum atomic E-state index is -0.765. The average Bonchev–Trinajstić information content (AvgIpc) is 3.34. The number of benzene rings is 1. The fraction of sp³-hybridized carbons (Fsp3) is 0.348. The van der Waals surface area contributed by atoms with Crippen LogP contribution in [0.1, 0.15) is 30.4 Å². The Kier molecular flexibility index (Phi) is 6.56. The number of carbonyl (C=O) groups excluding carboxylic acids is 2. The van der Waals surface area contributed by atoms with E-state index in [9.17, 15) is 9.59 Å². The maximum absolute atomic E-state index is 15.6. The number of anilines is 2. The summed E-state index contributed by atoms with van der Waals surface area (Å²) in [5, 5.41) is 7.34. The third kappa shape index (κ3) is 4.95. The molecule has 1 amide bonds. The van der Waals surface area contributed by atoms with Gasteiger partial charge in [-0.25, -0.2) is 4.39 Å². The van der Waals surface area contributed by atoms with Crippen LogP contribution in [0.25, 0.3) is 11.3 Å². The van der Waals surface area contributed by atoms with Gasteiger partial charge < -0.3 is 15.0 Å². The second-order valence-corrected chi connectivity index (χ2v) is 10.5. The normalized spacial score (nSPS) is 14.6. The molecule has 4 rings (SSSR count). The Morgan fingerprint density at radius 2 is 1.97 bits per heavy atom. The molecular weight excluding hydrogens is 467 g/mol. The molecule has 1 N–H and O–H groups in total. The summed E-state index contributed by atoms with van der Waals surface area (Å²) in [6.07, 6.45) is 0. The molecule has 0 spiro atoms. The summed E-state index contributed by atoms with van der Waals surface area (Å²) in [4.78, 5) is 27.6. The quantitative estimate of drug-likeness (QED) is 0.540. The van der Waals surface area contributed by atoms with Gasteiger partial charge in [-0.05, 0) is 24.3 Å². The second kappa shape index (κ2) is 9.24. The Hall–Kier alpha value is -2.75. The first-order chi connectivity index (χ1) is 15.6. The monoisotopic (exact) mass is 490 g/mol. The molecule has 10 heteroatoms. The topological polar surface area (TPSA) is 76.5 Å². The van der Waals surface area contributed by atoms with Crippen molar-refractivity contribution in [3.8, 4) is 11.3 Å². The smallest absolute Gasteiger partial charge is 0.254 e. The highest BCUT2D eigenvalue weighted by Gasteiger charge is 2.30. The number of hydrogen-bond acceptors (Lipinski definition) is 6. The molecule has 3 aromatic rings. The van der Waals surface area contributed by atoms with E-state index in [0.717, 1.165) is 9.56 Å². The van der Waals surface area contributed by atoms with E-state index in [1.807, 2.05) is 6.07 Å². The summed E-state index contributed by atoms with van der Waals surface area (Å²) in [5.41, 5.74) is 0.489. The van der Waals surface area contributed by atoms with Gasteiger partial charge in [0.15, 0.2) is 11.6 Å². The van der Waals surface area contributed by atoms with Gasteiger partial charge in [0, 0.05) is 28.1 Å². The molecule has 1 saturated heterocycles. The number of thiophene rings is 1. The molecule has 3 heterocycles. The SMILES string of the molecule is CC(C)(C)C(=O)n1nc(-c2ccc(N3CCOCC3=O)cc2)c(F)c1NCc1ccc(Cl)s1. The van der Waals surface area contributed by atoms with Crippen molar-refractivity contribution in [2.45, 2.75) is 27.3 Å². The lowest BCUT2D eigenvalue weighted by atomic mass is 9.96. The minimum absolute atomic E-state index is 0.00174. The zero-order chi connectivity index (χ0) is 23.8. The predicted octanol–water partition coefficient (Wildman–Crippen LogP) is 5.07. The first-order valence-corrected chi connectivity index (χ1v) is 11.6. The molecule has 7 nitrogen and oxygen atoms in total. The number of hydrogen-bond donors (Lipinski definition) is 1. The lowest BCUT2D eigenvalue weighted by molar-refractivity contribution is -0.125. The fourth-order valence-corrected chi connectivity index (χ4v) is 4.44. The number of carbonyl (C=O) groups is 2. The van der Waals surface area contributed by atoms with Crippen LogP contribution in [0.5, 0.6) is 0 Å². The molecule has 0 unspecified atom stereocenters. The van der Waals surface area contributed by atoms with Gasteiger partial charge in [0.25, 0.3) is 11.8 Å². The van der Waals surface area contributed by atoms with Crippen molar-refractivity contribution in [2.75, 3.05) is 30.0 Å². The molecule has 1 aliphatic rings. The number of nitrogens with one attached hydrogen (secondary N) is 1. The van der Waals surface area contributed by atoms with Gasteiger partial charge >= 0.3 is 0 Å². The number of halogens is 2. The molecule has 33 heavy (non-hydrogen) atoms. The maximum atomic E-state index is 15.6. The van der Waals surface area contributed by atoms with Crippen molar-refractivity contribution >= 4 is 46.3 Å². The summed E-state index contributed by atoms with van der Waals surface area (Å²) in [6.45, 7) is 6.53. The van der Waals surface area contributed by atoms with Crippen molar-refractivity contribution in [1.82, 2.24) is 9.78 Å². The van der Waals surface area contributed by atoms with Crippen molar-refractivity contribution in [3.05, 3.63) is 51.4 Å². The van der Waals surface area contributed by atoms with E-state index in [-0.39, 0.29) is 29.9 Å². The van der Waals surface area contributed by atoms with Crippen molar-refractivity contribution < 1.29 is 18.7 Å². The molecular formula is C23H24ClFN4O3S. The van der Waals surface area contributed by atoms with Crippen LogP contribution < -0.4 is 10.2 Å². The average molecular weight is 491 g/mol. The molecule has 1 fully saturated rings. The highest BCUT2D eigenvalue weighted by atomic mass is 35.5. The van der Waals surface area contributed by atoms with E-state index in [0.29, 0.717) is 35.3 Å². The molecule has 0 aliphatic carbocycles. The molecule has 2 aromatic heterocycles. The van der Waals surface area contributed by atoms with Gasteiger partial charge in [-0.15, -0.1) is 11.3 Å². The first-order valence-electron chi connectivity index (χ1n) is 10.4. The summed E-state index contributed by atoms with van der Waals surface area (Å²) in [7, 11) is 0.